The number of pyridine rings is 1. The SMILES string of the molecule is COc1cccc(Oc2ccc(CNC(=O)N(C)C(C)CC(C)C)cn2)c1. The summed E-state index contributed by atoms with van der Waals surface area (Å²) in [6, 6.07) is 11.1. The summed E-state index contributed by atoms with van der Waals surface area (Å²) in [6.07, 6.45) is 2.68. The van der Waals surface area contributed by atoms with Gasteiger partial charge in [0.15, 0.2) is 0 Å². The van der Waals surface area contributed by atoms with Gasteiger partial charge in [-0.15, -0.1) is 0 Å². The van der Waals surface area contributed by atoms with Crippen LogP contribution in [0, 0.1) is 5.92 Å². The fourth-order valence-electron chi connectivity index (χ4n) is 2.70. The number of carbonyl (C=O) groups excluding carboxylic acids is 1. The molecule has 2 aromatic rings. The van der Waals surface area contributed by atoms with E-state index in [9.17, 15) is 4.79 Å². The van der Waals surface area contributed by atoms with Gasteiger partial charge in [-0.1, -0.05) is 26.0 Å². The van der Waals surface area contributed by atoms with E-state index < -0.39 is 0 Å². The third kappa shape index (κ3) is 6.47. The summed E-state index contributed by atoms with van der Waals surface area (Å²) < 4.78 is 10.9. The van der Waals surface area contributed by atoms with Gasteiger partial charge < -0.3 is 19.7 Å². The van der Waals surface area contributed by atoms with Gasteiger partial charge >= 0.3 is 6.03 Å². The molecule has 2 rings (SSSR count). The lowest BCUT2D eigenvalue weighted by molar-refractivity contribution is 0.186. The monoisotopic (exact) mass is 371 g/mol. The molecule has 0 spiro atoms. The molecule has 0 radical (unpaired) electrons. The van der Waals surface area contributed by atoms with Crippen LogP contribution < -0.4 is 14.8 Å². The molecule has 6 nitrogen and oxygen atoms in total. The average molecular weight is 371 g/mol. The Kier molecular flexibility index (Phi) is 7.46. The van der Waals surface area contributed by atoms with Crippen molar-refractivity contribution in [3.63, 3.8) is 0 Å². The van der Waals surface area contributed by atoms with E-state index in [0.29, 0.717) is 24.1 Å². The molecule has 0 aliphatic carbocycles. The predicted molar refractivity (Wildman–Crippen MR) is 106 cm³/mol. The molecule has 1 atom stereocenters. The van der Waals surface area contributed by atoms with E-state index in [1.54, 1.807) is 30.3 Å². The molecule has 6 heteroatoms. The zero-order chi connectivity index (χ0) is 19.8. The summed E-state index contributed by atoms with van der Waals surface area (Å²) in [5.74, 6) is 2.42. The summed E-state index contributed by atoms with van der Waals surface area (Å²) in [7, 11) is 3.44. The second kappa shape index (κ2) is 9.80. The lowest BCUT2D eigenvalue weighted by Crippen LogP contribution is -2.42. The van der Waals surface area contributed by atoms with E-state index in [1.165, 1.54) is 0 Å². The van der Waals surface area contributed by atoms with Crippen LogP contribution in [0.15, 0.2) is 42.6 Å². The quantitative estimate of drug-likeness (QED) is 0.744. The highest BCUT2D eigenvalue weighted by molar-refractivity contribution is 5.74. The van der Waals surface area contributed by atoms with Gasteiger partial charge in [0.1, 0.15) is 11.5 Å². The minimum atomic E-state index is -0.0835. The van der Waals surface area contributed by atoms with Crippen LogP contribution in [-0.2, 0) is 6.54 Å². The molecule has 1 aromatic heterocycles. The molecule has 0 saturated carbocycles. The summed E-state index contributed by atoms with van der Waals surface area (Å²) in [5.41, 5.74) is 0.909. The molecule has 1 aromatic carbocycles. The zero-order valence-electron chi connectivity index (χ0n) is 16.7. The van der Waals surface area contributed by atoms with Crippen molar-refractivity contribution < 1.29 is 14.3 Å². The lowest BCUT2D eigenvalue weighted by atomic mass is 10.0. The van der Waals surface area contributed by atoms with Gasteiger partial charge in [-0.2, -0.15) is 0 Å². The largest absolute Gasteiger partial charge is 0.497 e. The van der Waals surface area contributed by atoms with E-state index in [1.807, 2.05) is 31.3 Å². The van der Waals surface area contributed by atoms with Gasteiger partial charge in [0.05, 0.1) is 7.11 Å². The van der Waals surface area contributed by atoms with Crippen LogP contribution in [0.2, 0.25) is 0 Å². The highest BCUT2D eigenvalue weighted by Crippen LogP contribution is 2.23. The number of nitrogens with one attached hydrogen (secondary N) is 1. The first kappa shape index (κ1) is 20.6. The second-order valence-corrected chi connectivity index (χ2v) is 7.03. The van der Waals surface area contributed by atoms with Crippen LogP contribution in [0.1, 0.15) is 32.8 Å². The van der Waals surface area contributed by atoms with Crippen molar-refractivity contribution in [2.24, 2.45) is 5.92 Å². The van der Waals surface area contributed by atoms with Crippen molar-refractivity contribution >= 4 is 6.03 Å². The van der Waals surface area contributed by atoms with Gasteiger partial charge in [0, 0.05) is 38.0 Å². The second-order valence-electron chi connectivity index (χ2n) is 7.03. The van der Waals surface area contributed by atoms with Crippen LogP contribution in [0.25, 0.3) is 0 Å². The summed E-state index contributed by atoms with van der Waals surface area (Å²) in [4.78, 5) is 18.3. The number of carbonyl (C=O) groups is 1. The summed E-state index contributed by atoms with van der Waals surface area (Å²) in [5, 5.41) is 2.93. The van der Waals surface area contributed by atoms with Crippen molar-refractivity contribution in [3.05, 3.63) is 48.2 Å². The highest BCUT2D eigenvalue weighted by Gasteiger charge is 2.16. The van der Waals surface area contributed by atoms with E-state index in [2.05, 4.69) is 31.1 Å². The van der Waals surface area contributed by atoms with Crippen LogP contribution in [0.4, 0.5) is 4.79 Å². The van der Waals surface area contributed by atoms with Crippen molar-refractivity contribution in [1.29, 1.82) is 0 Å². The summed E-state index contributed by atoms with van der Waals surface area (Å²) >= 11 is 0. The van der Waals surface area contributed by atoms with E-state index in [-0.39, 0.29) is 12.1 Å². The zero-order valence-corrected chi connectivity index (χ0v) is 16.7. The molecule has 0 bridgehead atoms. The fraction of sp³-hybridized carbons (Fsp3) is 0.429. The number of rotatable bonds is 8. The fourth-order valence-corrected chi connectivity index (χ4v) is 2.70. The predicted octanol–water partition coefficient (Wildman–Crippen LogP) is 4.46. The third-order valence-electron chi connectivity index (χ3n) is 4.30. The first-order valence-corrected chi connectivity index (χ1v) is 9.16. The maximum Gasteiger partial charge on any atom is 0.317 e. The van der Waals surface area contributed by atoms with Gasteiger partial charge in [-0.3, -0.25) is 0 Å². The Balaban J connectivity index is 1.87. The Morgan fingerprint density at radius 1 is 1.19 bits per heavy atom. The van der Waals surface area contributed by atoms with E-state index >= 15 is 0 Å². The Morgan fingerprint density at radius 2 is 1.93 bits per heavy atom. The van der Waals surface area contributed by atoms with Gasteiger partial charge in [-0.05, 0) is 37.0 Å². The van der Waals surface area contributed by atoms with Crippen molar-refractivity contribution in [2.75, 3.05) is 14.2 Å². The number of methoxy groups -OCH3 is 1. The first-order valence-electron chi connectivity index (χ1n) is 9.16. The van der Waals surface area contributed by atoms with Gasteiger partial charge in [0.2, 0.25) is 5.88 Å². The minimum Gasteiger partial charge on any atom is -0.497 e. The molecule has 0 fully saturated rings. The molecule has 1 unspecified atom stereocenters. The number of hydrogen-bond acceptors (Lipinski definition) is 4. The number of urea groups is 1. The Bertz CT molecular complexity index is 732. The molecule has 0 aliphatic rings. The van der Waals surface area contributed by atoms with Gasteiger partial charge in [-0.25, -0.2) is 9.78 Å². The number of ether oxygens (including phenoxy) is 2. The molecule has 0 aliphatic heterocycles. The van der Waals surface area contributed by atoms with Crippen LogP contribution >= 0.6 is 0 Å². The van der Waals surface area contributed by atoms with Crippen LogP contribution in [-0.4, -0.2) is 36.1 Å². The van der Waals surface area contributed by atoms with Crippen molar-refractivity contribution in [1.82, 2.24) is 15.2 Å². The van der Waals surface area contributed by atoms with Crippen LogP contribution in [0.3, 0.4) is 0 Å². The minimum absolute atomic E-state index is 0.0835. The average Bonchev–Trinajstić information content (AvgIpc) is 2.66. The van der Waals surface area contributed by atoms with E-state index in [4.69, 9.17) is 9.47 Å². The molecule has 146 valence electrons. The molecule has 0 saturated heterocycles. The normalized spacial score (nSPS) is 11.8. The topological polar surface area (TPSA) is 63.7 Å². The number of benzene rings is 1. The molecule has 1 N–H and O–H groups in total. The van der Waals surface area contributed by atoms with Crippen molar-refractivity contribution in [3.8, 4) is 17.4 Å². The Morgan fingerprint density at radius 3 is 2.56 bits per heavy atom. The smallest absolute Gasteiger partial charge is 0.317 e. The summed E-state index contributed by atoms with van der Waals surface area (Å²) in [6.45, 7) is 6.79. The highest BCUT2D eigenvalue weighted by atomic mass is 16.5. The third-order valence-corrected chi connectivity index (χ3v) is 4.30. The maximum absolute atomic E-state index is 12.3. The van der Waals surface area contributed by atoms with Crippen molar-refractivity contribution in [2.45, 2.75) is 39.8 Å². The number of hydrogen-bond donors (Lipinski definition) is 1. The molecule has 2 amide bonds. The number of nitrogens with zero attached hydrogens (tertiary/aromatic N) is 2. The number of amides is 2. The Labute approximate surface area is 161 Å². The molecule has 27 heavy (non-hydrogen) atoms. The number of aromatic nitrogens is 1. The van der Waals surface area contributed by atoms with Crippen LogP contribution in [0.5, 0.6) is 17.4 Å². The first-order chi connectivity index (χ1) is 12.9. The van der Waals surface area contributed by atoms with Gasteiger partial charge in [0.25, 0.3) is 0 Å². The molecular formula is C21H29N3O3. The van der Waals surface area contributed by atoms with E-state index in [0.717, 1.165) is 17.7 Å². The standard InChI is InChI=1S/C21H29N3O3/c1-15(2)11-16(3)24(4)21(25)23-14-17-9-10-20(22-13-17)27-19-8-6-7-18(12-19)26-5/h6-10,12-13,15-16H,11,14H2,1-5H3,(H,23,25). The molecular weight excluding hydrogens is 342 g/mol. The maximum atomic E-state index is 12.3. The Hall–Kier alpha value is -2.76. The molecule has 1 heterocycles. The lowest BCUT2D eigenvalue weighted by Gasteiger charge is -2.26.